The van der Waals surface area contributed by atoms with E-state index >= 15 is 4.39 Å². The van der Waals surface area contributed by atoms with E-state index in [1.54, 1.807) is 20.8 Å². The molecule has 0 bridgehead atoms. The average molecular weight is 561 g/mol. The number of halogens is 5. The molecule has 0 radical (unpaired) electrons. The number of alkyl halides is 4. The molecule has 4 rings (SSSR count). The van der Waals surface area contributed by atoms with Crippen molar-refractivity contribution in [1.82, 2.24) is 9.97 Å². The molecule has 206 valence electrons. The molecule has 0 spiro atoms. The lowest BCUT2D eigenvalue weighted by Crippen LogP contribution is -2.58. The maximum absolute atomic E-state index is 15.1. The van der Waals surface area contributed by atoms with E-state index in [4.69, 9.17) is 5.73 Å². The number of rotatable bonds is 7. The molecule has 4 heterocycles. The number of nitrogens with two attached hydrogens (primary N) is 1. The molecule has 2 aliphatic rings. The lowest BCUT2D eigenvalue weighted by Gasteiger charge is -2.44. The monoisotopic (exact) mass is 560 g/mol. The topological polar surface area (TPSA) is 132 Å². The molecular formula is C23H25F5N6O3S. The van der Waals surface area contributed by atoms with Crippen LogP contribution in [0.4, 0.5) is 27.8 Å². The second-order valence-electron chi connectivity index (χ2n) is 9.56. The van der Waals surface area contributed by atoms with E-state index in [0.717, 1.165) is 24.4 Å². The fraction of sp³-hybridized carbons (Fsp3) is 0.478. The Labute approximate surface area is 215 Å². The number of ether oxygens (including phenoxy) is 1. The van der Waals surface area contributed by atoms with Gasteiger partial charge in [0.1, 0.15) is 44.9 Å². The summed E-state index contributed by atoms with van der Waals surface area (Å²) in [6.07, 6.45) is -2.59. The number of aliphatic imine (C=N–C) groups is 1. The maximum atomic E-state index is 15.1. The van der Waals surface area contributed by atoms with Gasteiger partial charge < -0.3 is 15.8 Å². The number of amides is 1. The van der Waals surface area contributed by atoms with Gasteiger partial charge in [-0.25, -0.2) is 31.7 Å². The van der Waals surface area contributed by atoms with Crippen molar-refractivity contribution in [3.8, 4) is 5.75 Å². The first-order valence-corrected chi connectivity index (χ1v) is 13.0. The first kappa shape index (κ1) is 27.7. The summed E-state index contributed by atoms with van der Waals surface area (Å²) in [5.41, 5.74) is 4.41. The summed E-state index contributed by atoms with van der Waals surface area (Å²) in [5, 5.41) is 1.79. The highest BCUT2D eigenvalue weighted by atomic mass is 32.2. The van der Waals surface area contributed by atoms with Gasteiger partial charge in [0.2, 0.25) is 0 Å². The molecule has 0 fully saturated rings. The van der Waals surface area contributed by atoms with Crippen LogP contribution >= 0.6 is 0 Å². The fourth-order valence-electron chi connectivity index (χ4n) is 4.37. The van der Waals surface area contributed by atoms with Crippen LogP contribution < -0.4 is 15.8 Å². The second-order valence-corrected chi connectivity index (χ2v) is 12.5. The van der Waals surface area contributed by atoms with Crippen LogP contribution in [0.1, 0.15) is 43.4 Å². The number of hydrogen-bond donors (Lipinski definition) is 2. The molecule has 3 atom stereocenters. The van der Waals surface area contributed by atoms with Crippen LogP contribution in [0.5, 0.6) is 5.75 Å². The van der Waals surface area contributed by atoms with Crippen LogP contribution in [0.25, 0.3) is 0 Å². The van der Waals surface area contributed by atoms with Crippen molar-refractivity contribution in [1.29, 1.82) is 0 Å². The number of hydrogen-bond acceptors (Lipinski definition) is 8. The molecule has 0 unspecified atom stereocenters. The third kappa shape index (κ3) is 4.56. The van der Waals surface area contributed by atoms with Crippen molar-refractivity contribution in [2.45, 2.75) is 55.1 Å². The molecule has 0 aromatic carbocycles. The molecule has 2 aromatic rings. The Bertz CT molecular complexity index is 1410. The number of nitrogens with zero attached hydrogens (tertiary/aromatic N) is 4. The lowest BCUT2D eigenvalue weighted by atomic mass is 9.89. The molecule has 1 amide bonds. The number of carbonyl (C=O) groups excluding carboxylic acids is 1. The molecule has 38 heavy (non-hydrogen) atoms. The predicted octanol–water partition coefficient (Wildman–Crippen LogP) is 3.75. The minimum absolute atomic E-state index is 0.0559. The van der Waals surface area contributed by atoms with Gasteiger partial charge in [-0.2, -0.15) is 8.78 Å². The van der Waals surface area contributed by atoms with Crippen LogP contribution in [-0.4, -0.2) is 61.4 Å². The molecule has 0 aliphatic carbocycles. The summed E-state index contributed by atoms with van der Waals surface area (Å²) in [6.45, 7) is 3.68. The van der Waals surface area contributed by atoms with Crippen molar-refractivity contribution in [2.24, 2.45) is 15.1 Å². The highest BCUT2D eigenvalue weighted by Crippen LogP contribution is 2.47. The fourth-order valence-corrected chi connectivity index (χ4v) is 7.51. The zero-order chi connectivity index (χ0) is 28.1. The number of anilines is 1. The molecular weight excluding hydrogens is 535 g/mol. The molecule has 15 heteroatoms. The van der Waals surface area contributed by atoms with E-state index in [0.29, 0.717) is 13.0 Å². The van der Waals surface area contributed by atoms with E-state index < -0.39 is 55.9 Å². The van der Waals surface area contributed by atoms with Crippen molar-refractivity contribution in [3.63, 3.8) is 0 Å². The Morgan fingerprint density at radius 1 is 1.26 bits per heavy atom. The Morgan fingerprint density at radius 3 is 2.61 bits per heavy atom. The molecule has 9 nitrogen and oxygen atoms in total. The van der Waals surface area contributed by atoms with E-state index in [-0.39, 0.29) is 28.8 Å². The summed E-state index contributed by atoms with van der Waals surface area (Å²) in [6, 6.07) is 4.52. The average Bonchev–Trinajstić information content (AvgIpc) is 3.28. The van der Waals surface area contributed by atoms with Crippen LogP contribution in [0.2, 0.25) is 0 Å². The molecule has 2 aromatic heterocycles. The van der Waals surface area contributed by atoms with Crippen molar-refractivity contribution >= 4 is 27.3 Å². The van der Waals surface area contributed by atoms with Gasteiger partial charge in [-0.3, -0.25) is 9.79 Å². The van der Waals surface area contributed by atoms with Crippen LogP contribution in [0.3, 0.4) is 0 Å². The van der Waals surface area contributed by atoms with E-state index in [2.05, 4.69) is 29.4 Å². The van der Waals surface area contributed by atoms with Crippen LogP contribution in [-0.2, 0) is 15.3 Å². The van der Waals surface area contributed by atoms with Gasteiger partial charge in [-0.1, -0.05) is 0 Å². The van der Waals surface area contributed by atoms with Crippen molar-refractivity contribution in [2.75, 3.05) is 18.5 Å². The highest BCUT2D eigenvalue weighted by Gasteiger charge is 2.57. The lowest BCUT2D eigenvalue weighted by molar-refractivity contribution is -0.148. The van der Waals surface area contributed by atoms with Gasteiger partial charge in [0.15, 0.2) is 6.61 Å². The summed E-state index contributed by atoms with van der Waals surface area (Å²) in [4.78, 5) is 25.2. The number of pyridine rings is 2. The van der Waals surface area contributed by atoms with Gasteiger partial charge in [-0.05, 0) is 51.5 Å². The van der Waals surface area contributed by atoms with Gasteiger partial charge in [0, 0.05) is 6.54 Å². The number of nitrogens with one attached hydrogen (secondary N) is 1. The third-order valence-electron chi connectivity index (χ3n) is 6.67. The third-order valence-corrected chi connectivity index (χ3v) is 10.4. The summed E-state index contributed by atoms with van der Waals surface area (Å²) in [7, 11) is -2.93. The van der Waals surface area contributed by atoms with Crippen LogP contribution in [0.15, 0.2) is 39.8 Å². The smallest absolute Gasteiger partial charge is 0.340 e. The maximum Gasteiger partial charge on any atom is 0.340 e. The minimum atomic E-state index is -4.35. The van der Waals surface area contributed by atoms with Gasteiger partial charge in [-0.15, -0.1) is 0 Å². The van der Waals surface area contributed by atoms with Gasteiger partial charge in [0.25, 0.3) is 5.91 Å². The Hall–Kier alpha value is -3.36. The molecule has 0 saturated heterocycles. The van der Waals surface area contributed by atoms with E-state index in [9.17, 15) is 26.6 Å². The summed E-state index contributed by atoms with van der Waals surface area (Å²) >= 11 is 0. The molecule has 3 N–H and O–H groups in total. The van der Waals surface area contributed by atoms with Crippen molar-refractivity contribution < 1.29 is 35.7 Å². The Morgan fingerprint density at radius 2 is 1.97 bits per heavy atom. The number of fused-ring (bicyclic) bond motifs is 1. The number of aromatic nitrogens is 2. The number of amidine groups is 1. The SMILES string of the molecule is CC1(C)C(N)=N[C@](C)(c2nc(NC(=O)c3ccc(OCC(F)(F)C(F)F)cn3)ccc2F)[C@@H]2CCN=[S@@]21=O. The first-order chi connectivity index (χ1) is 17.6. The normalized spacial score (nSPS) is 26.3. The zero-order valence-electron chi connectivity index (χ0n) is 20.6. The summed E-state index contributed by atoms with van der Waals surface area (Å²) in [5.74, 6) is -6.13. The molecule has 2 aliphatic heterocycles. The number of carbonyl (C=O) groups is 1. The highest BCUT2D eigenvalue weighted by molar-refractivity contribution is 7.96. The quantitative estimate of drug-likeness (QED) is 0.496. The standard InChI is InChI=1S/C23H25F5N6O3S/c1-21(2)20(29)34-22(3,15-8-9-31-38(15,21)36)17-13(24)5-7-16(32-17)33-18(35)14-6-4-12(10-30-14)37-11-23(27,28)19(25)26/h4-7,10,15,19H,8-9,11H2,1-3H3,(H2,29,34)(H,32,33,35)/t15-,22-,38+/m0/s1. The Balaban J connectivity index is 1.57. The zero-order valence-corrected chi connectivity index (χ0v) is 21.4. The van der Waals surface area contributed by atoms with Gasteiger partial charge >= 0.3 is 12.3 Å². The first-order valence-electron chi connectivity index (χ1n) is 11.4. The minimum Gasteiger partial charge on any atom is -0.485 e. The predicted molar refractivity (Wildman–Crippen MR) is 130 cm³/mol. The second kappa shape index (κ2) is 9.43. The summed E-state index contributed by atoms with van der Waals surface area (Å²) < 4.78 is 87.5. The molecule has 0 saturated carbocycles. The van der Waals surface area contributed by atoms with E-state index in [1.165, 1.54) is 6.07 Å². The van der Waals surface area contributed by atoms with E-state index in [1.807, 2.05) is 0 Å². The Kier molecular flexibility index (Phi) is 6.87. The van der Waals surface area contributed by atoms with Crippen molar-refractivity contribution in [3.05, 3.63) is 47.7 Å². The largest absolute Gasteiger partial charge is 0.485 e. The van der Waals surface area contributed by atoms with Crippen LogP contribution in [0, 0.1) is 5.82 Å². The van der Waals surface area contributed by atoms with Gasteiger partial charge in [0.05, 0.1) is 21.2 Å².